The molecule has 0 saturated carbocycles. The summed E-state index contributed by atoms with van der Waals surface area (Å²) in [5.41, 5.74) is 1.39. The van der Waals surface area contributed by atoms with E-state index in [0.29, 0.717) is 30.1 Å². The predicted octanol–water partition coefficient (Wildman–Crippen LogP) is 5.42. The van der Waals surface area contributed by atoms with E-state index in [1.165, 1.54) is 0 Å². The van der Waals surface area contributed by atoms with E-state index in [1.807, 2.05) is 18.2 Å². The first-order valence-corrected chi connectivity index (χ1v) is 13.4. The molecule has 7 nitrogen and oxygen atoms in total. The number of alkyl halides is 1. The van der Waals surface area contributed by atoms with Crippen molar-refractivity contribution in [1.82, 2.24) is 19.9 Å². The summed E-state index contributed by atoms with van der Waals surface area (Å²) < 4.78 is 20.8. The number of ether oxygens (including phenoxy) is 1. The topological polar surface area (TPSA) is 88.4 Å². The maximum absolute atomic E-state index is 15.5. The zero-order valence-corrected chi connectivity index (χ0v) is 21.4. The van der Waals surface area contributed by atoms with Crippen molar-refractivity contribution >= 4 is 28.6 Å². The fourth-order valence-corrected chi connectivity index (χ4v) is 5.87. The molecule has 3 heterocycles. The van der Waals surface area contributed by atoms with E-state index in [1.54, 1.807) is 49.6 Å². The van der Waals surface area contributed by atoms with E-state index in [4.69, 9.17) is 4.74 Å². The molecule has 2 aromatic heterocycles. The number of nitrogens with zero attached hydrogens (tertiary/aromatic N) is 4. The molecule has 192 valence electrons. The number of hydrogen-bond acceptors (Lipinski definition) is 7. The second-order valence-electron chi connectivity index (χ2n) is 9.25. The van der Waals surface area contributed by atoms with Crippen molar-refractivity contribution in [2.24, 2.45) is 11.8 Å². The summed E-state index contributed by atoms with van der Waals surface area (Å²) in [6.07, 6.45) is 6.90. The first-order valence-electron chi connectivity index (χ1n) is 12.4. The summed E-state index contributed by atoms with van der Waals surface area (Å²) in [6, 6.07) is 9.09. The van der Waals surface area contributed by atoms with Crippen molar-refractivity contribution in [3.8, 4) is 5.75 Å². The molecule has 4 rings (SSSR count). The monoisotopic (exact) mass is 512 g/mol. The van der Waals surface area contributed by atoms with Crippen molar-refractivity contribution in [2.45, 2.75) is 43.4 Å². The van der Waals surface area contributed by atoms with E-state index in [-0.39, 0.29) is 12.3 Å². The number of carbonyl (C=O) groups is 1. The van der Waals surface area contributed by atoms with Gasteiger partial charge in [0.1, 0.15) is 11.9 Å². The van der Waals surface area contributed by atoms with E-state index in [9.17, 15) is 9.90 Å². The average molecular weight is 513 g/mol. The van der Waals surface area contributed by atoms with Crippen LogP contribution < -0.4 is 4.74 Å². The van der Waals surface area contributed by atoms with E-state index >= 15 is 4.39 Å². The molecule has 1 aromatic carbocycles. The van der Waals surface area contributed by atoms with Gasteiger partial charge in [0.15, 0.2) is 5.16 Å². The van der Waals surface area contributed by atoms with Crippen LogP contribution in [0.5, 0.6) is 5.75 Å². The van der Waals surface area contributed by atoms with Crippen LogP contribution in [0.25, 0.3) is 10.9 Å². The highest BCUT2D eigenvalue weighted by Crippen LogP contribution is 2.36. The molecule has 9 heteroatoms. The molecule has 3 atom stereocenters. The number of hydrogen-bond donors (Lipinski definition) is 1. The molecular weight excluding hydrogens is 479 g/mol. The first-order chi connectivity index (χ1) is 17.5. The molecule has 36 heavy (non-hydrogen) atoms. The van der Waals surface area contributed by atoms with Gasteiger partial charge in [0.05, 0.1) is 12.6 Å². The largest absolute Gasteiger partial charge is 0.497 e. The lowest BCUT2D eigenvalue weighted by Crippen LogP contribution is -2.41. The Morgan fingerprint density at radius 1 is 1.19 bits per heavy atom. The SMILES string of the molecule is COc1ccc2nccc([C@@H](F)CCC3CCN(CCSc4ncccn4)CC3CCC(=O)O)c2c1. The number of fused-ring (bicyclic) bond motifs is 1. The lowest BCUT2D eigenvalue weighted by Gasteiger charge is -2.39. The van der Waals surface area contributed by atoms with Crippen molar-refractivity contribution < 1.29 is 19.0 Å². The lowest BCUT2D eigenvalue weighted by atomic mass is 9.79. The van der Waals surface area contributed by atoms with Crippen LogP contribution in [0, 0.1) is 11.8 Å². The minimum absolute atomic E-state index is 0.148. The van der Waals surface area contributed by atoms with Crippen LogP contribution in [-0.2, 0) is 4.79 Å². The number of aliphatic carboxylic acids is 1. The zero-order chi connectivity index (χ0) is 25.3. The third-order valence-electron chi connectivity index (χ3n) is 7.00. The van der Waals surface area contributed by atoms with Gasteiger partial charge in [-0.1, -0.05) is 11.8 Å². The molecular formula is C27H33FN4O3S. The Hall–Kier alpha value is -2.78. The van der Waals surface area contributed by atoms with Crippen LogP contribution in [0.4, 0.5) is 4.39 Å². The average Bonchev–Trinajstić information content (AvgIpc) is 2.91. The van der Waals surface area contributed by atoms with Crippen LogP contribution in [-0.4, -0.2) is 63.4 Å². The molecule has 1 aliphatic rings. The molecule has 1 aliphatic heterocycles. The van der Waals surface area contributed by atoms with Gasteiger partial charge in [0.25, 0.3) is 0 Å². The summed E-state index contributed by atoms with van der Waals surface area (Å²) >= 11 is 1.63. The van der Waals surface area contributed by atoms with Crippen molar-refractivity contribution in [3.63, 3.8) is 0 Å². The Morgan fingerprint density at radius 2 is 2.03 bits per heavy atom. The Labute approximate surface area is 215 Å². The number of likely N-dealkylation sites (tertiary alicyclic amines) is 1. The van der Waals surface area contributed by atoms with Gasteiger partial charge < -0.3 is 14.7 Å². The third kappa shape index (κ3) is 7.13. The molecule has 1 N–H and O–H groups in total. The number of carboxylic acid groups (broad SMARTS) is 1. The third-order valence-corrected chi connectivity index (χ3v) is 7.85. The molecule has 1 saturated heterocycles. The van der Waals surface area contributed by atoms with Crippen molar-refractivity contribution in [2.75, 3.05) is 32.5 Å². The predicted molar refractivity (Wildman–Crippen MR) is 139 cm³/mol. The Balaban J connectivity index is 1.35. The Kier molecular flexibility index (Phi) is 9.47. The number of pyridine rings is 1. The number of thioether (sulfide) groups is 1. The van der Waals surface area contributed by atoms with Crippen LogP contribution in [0.2, 0.25) is 0 Å². The molecule has 3 aromatic rings. The summed E-state index contributed by atoms with van der Waals surface area (Å²) in [5.74, 6) is 1.34. The summed E-state index contributed by atoms with van der Waals surface area (Å²) in [5, 5.41) is 10.8. The zero-order valence-electron chi connectivity index (χ0n) is 20.6. The number of piperidine rings is 1. The molecule has 0 bridgehead atoms. The Bertz CT molecular complexity index is 1140. The number of aromatic nitrogens is 3. The van der Waals surface area contributed by atoms with Gasteiger partial charge >= 0.3 is 5.97 Å². The minimum atomic E-state index is -1.11. The normalized spacial score (nSPS) is 19.3. The van der Waals surface area contributed by atoms with Gasteiger partial charge in [0, 0.05) is 49.2 Å². The van der Waals surface area contributed by atoms with Crippen molar-refractivity contribution in [1.29, 1.82) is 0 Å². The molecule has 0 radical (unpaired) electrons. The fraction of sp³-hybridized carbons (Fsp3) is 0.481. The van der Waals surface area contributed by atoms with Gasteiger partial charge in [-0.3, -0.25) is 9.78 Å². The number of halogens is 1. The van der Waals surface area contributed by atoms with Crippen LogP contribution in [0.3, 0.4) is 0 Å². The van der Waals surface area contributed by atoms with Crippen LogP contribution in [0.15, 0.2) is 54.1 Å². The van der Waals surface area contributed by atoms with E-state index in [2.05, 4.69) is 19.9 Å². The standard InChI is InChI=1S/C27H33FN4O3S/c1-35-21-5-7-25-23(17-21)22(9-13-29-25)24(28)6-3-19-10-14-32(18-20(19)4-8-26(33)34)15-16-36-27-30-11-2-12-31-27/h2,5,7,9,11-13,17,19-20,24H,3-4,6,8,10,14-16,18H2,1H3,(H,33,34)/t19?,20?,24-/m0/s1. The summed E-state index contributed by atoms with van der Waals surface area (Å²) in [7, 11) is 1.60. The minimum Gasteiger partial charge on any atom is -0.497 e. The van der Waals surface area contributed by atoms with Gasteiger partial charge in [-0.25, -0.2) is 14.4 Å². The van der Waals surface area contributed by atoms with Gasteiger partial charge in [0.2, 0.25) is 0 Å². The lowest BCUT2D eigenvalue weighted by molar-refractivity contribution is -0.137. The van der Waals surface area contributed by atoms with E-state index < -0.39 is 12.1 Å². The number of methoxy groups -OCH3 is 1. The number of carboxylic acids is 1. The molecule has 0 amide bonds. The molecule has 1 fully saturated rings. The number of benzene rings is 1. The second kappa shape index (κ2) is 13.0. The van der Waals surface area contributed by atoms with Gasteiger partial charge in [-0.2, -0.15) is 0 Å². The fourth-order valence-electron chi connectivity index (χ4n) is 5.06. The Morgan fingerprint density at radius 3 is 2.81 bits per heavy atom. The molecule has 2 unspecified atom stereocenters. The quantitative estimate of drug-likeness (QED) is 0.254. The van der Waals surface area contributed by atoms with Gasteiger partial charge in [-0.15, -0.1) is 0 Å². The highest BCUT2D eigenvalue weighted by atomic mass is 32.2. The highest BCUT2D eigenvalue weighted by molar-refractivity contribution is 7.99. The maximum atomic E-state index is 15.5. The molecule has 0 spiro atoms. The summed E-state index contributed by atoms with van der Waals surface area (Å²) in [4.78, 5) is 26.5. The summed E-state index contributed by atoms with van der Waals surface area (Å²) in [6.45, 7) is 2.69. The van der Waals surface area contributed by atoms with Crippen LogP contribution in [0.1, 0.15) is 43.8 Å². The van der Waals surface area contributed by atoms with Gasteiger partial charge in [-0.05, 0) is 80.0 Å². The van der Waals surface area contributed by atoms with E-state index in [0.717, 1.165) is 54.3 Å². The maximum Gasteiger partial charge on any atom is 0.303 e. The first kappa shape index (κ1) is 26.3. The highest BCUT2D eigenvalue weighted by Gasteiger charge is 2.30. The second-order valence-corrected chi connectivity index (χ2v) is 10.3. The van der Waals surface area contributed by atoms with Crippen LogP contribution >= 0.6 is 11.8 Å². The number of rotatable bonds is 12. The van der Waals surface area contributed by atoms with Crippen molar-refractivity contribution in [3.05, 3.63) is 54.5 Å². The molecule has 0 aliphatic carbocycles. The smallest absolute Gasteiger partial charge is 0.303 e.